The van der Waals surface area contributed by atoms with Crippen molar-refractivity contribution in [2.24, 2.45) is 0 Å². The Morgan fingerprint density at radius 1 is 1.14 bits per heavy atom. The SMILES string of the molecule is COc1cc(-c2ccc([N+](=O)[O-])cc2)c2ncccc2c1. The van der Waals surface area contributed by atoms with Gasteiger partial charge in [-0.05, 0) is 35.9 Å². The number of nitrogens with zero attached hydrogens (tertiary/aromatic N) is 2. The predicted molar refractivity (Wildman–Crippen MR) is 80.4 cm³/mol. The first-order chi connectivity index (χ1) is 10.2. The normalized spacial score (nSPS) is 10.5. The molecule has 0 atom stereocenters. The number of rotatable bonds is 3. The zero-order valence-electron chi connectivity index (χ0n) is 11.3. The van der Waals surface area contributed by atoms with Gasteiger partial charge in [-0.15, -0.1) is 0 Å². The van der Waals surface area contributed by atoms with E-state index in [2.05, 4.69) is 4.98 Å². The van der Waals surface area contributed by atoms with Crippen LogP contribution in [-0.4, -0.2) is 17.0 Å². The lowest BCUT2D eigenvalue weighted by atomic mass is 10.0. The average molecular weight is 280 g/mol. The van der Waals surface area contributed by atoms with E-state index in [9.17, 15) is 10.1 Å². The molecule has 0 spiro atoms. The van der Waals surface area contributed by atoms with Gasteiger partial charge in [-0.25, -0.2) is 0 Å². The van der Waals surface area contributed by atoms with Crippen LogP contribution in [-0.2, 0) is 0 Å². The number of benzene rings is 2. The number of hydrogen-bond acceptors (Lipinski definition) is 4. The summed E-state index contributed by atoms with van der Waals surface area (Å²) < 4.78 is 5.31. The Morgan fingerprint density at radius 3 is 2.57 bits per heavy atom. The van der Waals surface area contributed by atoms with E-state index in [1.807, 2.05) is 24.3 Å². The topological polar surface area (TPSA) is 65.3 Å². The van der Waals surface area contributed by atoms with E-state index in [0.717, 1.165) is 27.8 Å². The Morgan fingerprint density at radius 2 is 1.90 bits per heavy atom. The van der Waals surface area contributed by atoms with Crippen LogP contribution in [0.5, 0.6) is 5.75 Å². The van der Waals surface area contributed by atoms with E-state index in [1.54, 1.807) is 25.4 Å². The third-order valence-electron chi connectivity index (χ3n) is 3.30. The summed E-state index contributed by atoms with van der Waals surface area (Å²) in [4.78, 5) is 14.7. The number of ether oxygens (including phenoxy) is 1. The molecule has 0 saturated carbocycles. The van der Waals surface area contributed by atoms with E-state index in [0.29, 0.717) is 0 Å². The maximum Gasteiger partial charge on any atom is 0.269 e. The quantitative estimate of drug-likeness (QED) is 0.540. The van der Waals surface area contributed by atoms with Gasteiger partial charge in [0.15, 0.2) is 0 Å². The summed E-state index contributed by atoms with van der Waals surface area (Å²) >= 11 is 0. The molecule has 3 rings (SSSR count). The molecule has 0 amide bonds. The van der Waals surface area contributed by atoms with Gasteiger partial charge in [0.05, 0.1) is 17.5 Å². The maximum absolute atomic E-state index is 10.7. The first-order valence-corrected chi connectivity index (χ1v) is 6.36. The molecule has 5 nitrogen and oxygen atoms in total. The van der Waals surface area contributed by atoms with Gasteiger partial charge in [0.25, 0.3) is 5.69 Å². The molecule has 0 aliphatic rings. The van der Waals surface area contributed by atoms with Crippen molar-refractivity contribution >= 4 is 16.6 Å². The summed E-state index contributed by atoms with van der Waals surface area (Å²) in [6.45, 7) is 0. The minimum absolute atomic E-state index is 0.0684. The van der Waals surface area contributed by atoms with Gasteiger partial charge in [0, 0.05) is 29.3 Å². The highest BCUT2D eigenvalue weighted by atomic mass is 16.6. The van der Waals surface area contributed by atoms with Gasteiger partial charge in [-0.3, -0.25) is 15.1 Å². The number of nitro benzene ring substituents is 1. The third-order valence-corrected chi connectivity index (χ3v) is 3.30. The zero-order valence-corrected chi connectivity index (χ0v) is 11.3. The van der Waals surface area contributed by atoms with Crippen LogP contribution in [0.2, 0.25) is 0 Å². The lowest BCUT2D eigenvalue weighted by Gasteiger charge is -2.09. The molecule has 0 radical (unpaired) electrons. The van der Waals surface area contributed by atoms with Crippen LogP contribution in [0.15, 0.2) is 54.7 Å². The second-order valence-electron chi connectivity index (χ2n) is 4.55. The average Bonchev–Trinajstić information content (AvgIpc) is 2.53. The van der Waals surface area contributed by atoms with Crippen molar-refractivity contribution in [3.63, 3.8) is 0 Å². The number of non-ortho nitro benzene ring substituents is 1. The van der Waals surface area contributed by atoms with Gasteiger partial charge in [0.2, 0.25) is 0 Å². The van der Waals surface area contributed by atoms with Crippen molar-refractivity contribution in [2.75, 3.05) is 7.11 Å². The largest absolute Gasteiger partial charge is 0.497 e. The Bertz CT molecular complexity index is 813. The Hall–Kier alpha value is -2.95. The minimum Gasteiger partial charge on any atom is -0.497 e. The highest BCUT2D eigenvalue weighted by Gasteiger charge is 2.10. The van der Waals surface area contributed by atoms with Crippen molar-refractivity contribution in [3.05, 3.63) is 64.8 Å². The Kier molecular flexibility index (Phi) is 3.23. The number of pyridine rings is 1. The van der Waals surface area contributed by atoms with Crippen molar-refractivity contribution in [1.29, 1.82) is 0 Å². The molecule has 5 heteroatoms. The number of fused-ring (bicyclic) bond motifs is 1. The fourth-order valence-electron chi connectivity index (χ4n) is 2.27. The molecule has 0 aliphatic heterocycles. The van der Waals surface area contributed by atoms with E-state index >= 15 is 0 Å². The Balaban J connectivity index is 2.20. The first kappa shape index (κ1) is 13.1. The molecule has 0 bridgehead atoms. The van der Waals surface area contributed by atoms with Crippen LogP contribution in [0.25, 0.3) is 22.0 Å². The van der Waals surface area contributed by atoms with Crippen LogP contribution in [0.4, 0.5) is 5.69 Å². The summed E-state index contributed by atoms with van der Waals surface area (Å²) in [7, 11) is 1.61. The molecular formula is C16H12N2O3. The molecule has 0 fully saturated rings. The third kappa shape index (κ3) is 2.41. The highest BCUT2D eigenvalue weighted by Crippen LogP contribution is 2.32. The molecule has 0 saturated heterocycles. The number of methoxy groups -OCH3 is 1. The summed E-state index contributed by atoms with van der Waals surface area (Å²) in [5.74, 6) is 0.726. The molecule has 3 aromatic rings. The fourth-order valence-corrected chi connectivity index (χ4v) is 2.27. The highest BCUT2D eigenvalue weighted by molar-refractivity contribution is 5.95. The standard InChI is InChI=1S/C16H12N2O3/c1-21-14-9-12-3-2-8-17-16(12)15(10-14)11-4-6-13(7-5-11)18(19)20/h2-10H,1H3. The summed E-state index contributed by atoms with van der Waals surface area (Å²) in [5, 5.41) is 11.7. The molecular weight excluding hydrogens is 268 g/mol. The van der Waals surface area contributed by atoms with Gasteiger partial charge >= 0.3 is 0 Å². The number of nitro groups is 1. The summed E-state index contributed by atoms with van der Waals surface area (Å²) in [5.41, 5.74) is 2.66. The molecule has 1 aromatic heterocycles. The number of hydrogen-bond donors (Lipinski definition) is 0. The first-order valence-electron chi connectivity index (χ1n) is 6.36. The zero-order chi connectivity index (χ0) is 14.8. The molecule has 104 valence electrons. The second kappa shape index (κ2) is 5.20. The lowest BCUT2D eigenvalue weighted by Crippen LogP contribution is -1.90. The second-order valence-corrected chi connectivity index (χ2v) is 4.55. The van der Waals surface area contributed by atoms with Crippen LogP contribution in [0, 0.1) is 10.1 Å². The minimum atomic E-state index is -0.411. The van der Waals surface area contributed by atoms with Crippen LogP contribution in [0.3, 0.4) is 0 Å². The summed E-state index contributed by atoms with van der Waals surface area (Å²) in [6, 6.07) is 14.0. The Labute approximate surface area is 121 Å². The van der Waals surface area contributed by atoms with Gasteiger partial charge in [-0.2, -0.15) is 0 Å². The smallest absolute Gasteiger partial charge is 0.269 e. The fraction of sp³-hybridized carbons (Fsp3) is 0.0625. The van der Waals surface area contributed by atoms with E-state index in [-0.39, 0.29) is 5.69 Å². The lowest BCUT2D eigenvalue weighted by molar-refractivity contribution is -0.384. The van der Waals surface area contributed by atoms with E-state index in [1.165, 1.54) is 12.1 Å². The van der Waals surface area contributed by atoms with Crippen LogP contribution < -0.4 is 4.74 Å². The summed E-state index contributed by atoms with van der Waals surface area (Å²) in [6.07, 6.45) is 1.73. The van der Waals surface area contributed by atoms with Crippen molar-refractivity contribution in [1.82, 2.24) is 4.98 Å². The maximum atomic E-state index is 10.7. The van der Waals surface area contributed by atoms with Crippen molar-refractivity contribution < 1.29 is 9.66 Å². The van der Waals surface area contributed by atoms with Crippen LogP contribution >= 0.6 is 0 Å². The van der Waals surface area contributed by atoms with Crippen LogP contribution in [0.1, 0.15) is 0 Å². The molecule has 0 N–H and O–H groups in total. The van der Waals surface area contributed by atoms with E-state index in [4.69, 9.17) is 4.74 Å². The molecule has 0 unspecified atom stereocenters. The van der Waals surface area contributed by atoms with Gasteiger partial charge < -0.3 is 4.74 Å². The van der Waals surface area contributed by atoms with Gasteiger partial charge in [-0.1, -0.05) is 6.07 Å². The molecule has 2 aromatic carbocycles. The molecule has 21 heavy (non-hydrogen) atoms. The van der Waals surface area contributed by atoms with Crippen molar-refractivity contribution in [2.45, 2.75) is 0 Å². The predicted octanol–water partition coefficient (Wildman–Crippen LogP) is 3.82. The van der Waals surface area contributed by atoms with Gasteiger partial charge in [0.1, 0.15) is 5.75 Å². The molecule has 1 heterocycles. The monoisotopic (exact) mass is 280 g/mol. The van der Waals surface area contributed by atoms with Crippen molar-refractivity contribution in [3.8, 4) is 16.9 Å². The molecule has 0 aliphatic carbocycles. The number of aromatic nitrogens is 1. The van der Waals surface area contributed by atoms with E-state index < -0.39 is 4.92 Å².